The number of aliphatic imine (C=N–C) groups is 1. The number of nitrogens with one attached hydrogen (secondary N) is 1. The quantitative estimate of drug-likeness (QED) is 0.480. The second-order valence-corrected chi connectivity index (χ2v) is 2.45. The van der Waals surface area contributed by atoms with Crippen molar-refractivity contribution in [2.24, 2.45) is 4.99 Å². The first-order valence-electron chi connectivity index (χ1n) is 4.32. The van der Waals surface area contributed by atoms with E-state index in [0.29, 0.717) is 6.54 Å². The first-order chi connectivity index (χ1) is 5.81. The van der Waals surface area contributed by atoms with Gasteiger partial charge in [0.05, 0.1) is 0 Å². The molecule has 70 valence electrons. The minimum absolute atomic E-state index is 0.373. The average Bonchev–Trinajstić information content (AvgIpc) is 2.05. The molecule has 0 amide bonds. The zero-order valence-electron chi connectivity index (χ0n) is 7.81. The van der Waals surface area contributed by atoms with Gasteiger partial charge in [-0.05, 0) is 39.4 Å². The summed E-state index contributed by atoms with van der Waals surface area (Å²) < 4.78 is 12.6. The molecule has 0 fully saturated rings. The fourth-order valence-corrected chi connectivity index (χ4v) is 0.781. The van der Waals surface area contributed by atoms with Crippen molar-refractivity contribution in [1.82, 2.24) is 5.32 Å². The summed E-state index contributed by atoms with van der Waals surface area (Å²) >= 11 is 0. The normalized spacial score (nSPS) is 12.8. The highest BCUT2D eigenvalue weighted by atomic mass is 19.1. The van der Waals surface area contributed by atoms with Gasteiger partial charge in [0.1, 0.15) is 0 Å². The van der Waals surface area contributed by atoms with Crippen LogP contribution in [0.3, 0.4) is 0 Å². The summed E-state index contributed by atoms with van der Waals surface area (Å²) in [6.07, 6.45) is 5.17. The Labute approximate surface area is 73.6 Å². The fourth-order valence-electron chi connectivity index (χ4n) is 0.781. The molecule has 0 saturated heterocycles. The molecule has 0 rings (SSSR count). The molecule has 0 aliphatic carbocycles. The molecule has 3 heteroatoms. The lowest BCUT2D eigenvalue weighted by atomic mass is 10.3. The van der Waals surface area contributed by atoms with Crippen LogP contribution in [0.5, 0.6) is 0 Å². The van der Waals surface area contributed by atoms with Crippen LogP contribution in [0.15, 0.2) is 17.1 Å². The monoisotopic (exact) mass is 172 g/mol. The van der Waals surface area contributed by atoms with E-state index in [2.05, 4.69) is 10.3 Å². The molecular weight excluding hydrogens is 155 g/mol. The van der Waals surface area contributed by atoms with Gasteiger partial charge in [0.2, 0.25) is 5.97 Å². The number of hydrogen-bond donors (Lipinski definition) is 1. The summed E-state index contributed by atoms with van der Waals surface area (Å²) in [6.45, 7) is 3.29. The third kappa shape index (κ3) is 7.41. The predicted molar refractivity (Wildman–Crippen MR) is 51.4 cm³/mol. The number of rotatable bonds is 6. The van der Waals surface area contributed by atoms with Crippen molar-refractivity contribution in [1.29, 1.82) is 0 Å². The summed E-state index contributed by atoms with van der Waals surface area (Å²) in [5, 5.41) is 3.02. The lowest BCUT2D eigenvalue weighted by Crippen LogP contribution is -2.06. The fraction of sp³-hybridized carbons (Fsp3) is 0.667. The van der Waals surface area contributed by atoms with Crippen LogP contribution in [0.2, 0.25) is 0 Å². The van der Waals surface area contributed by atoms with Crippen LogP contribution in [0.25, 0.3) is 0 Å². The van der Waals surface area contributed by atoms with Crippen LogP contribution in [-0.2, 0) is 0 Å². The second-order valence-electron chi connectivity index (χ2n) is 2.45. The van der Waals surface area contributed by atoms with Gasteiger partial charge in [-0.15, -0.1) is 0 Å². The predicted octanol–water partition coefficient (Wildman–Crippen LogP) is 1.93. The molecule has 0 heterocycles. The molecule has 2 nitrogen and oxygen atoms in total. The van der Waals surface area contributed by atoms with Crippen molar-refractivity contribution in [3.05, 3.63) is 12.2 Å². The van der Waals surface area contributed by atoms with Crippen LogP contribution in [0.4, 0.5) is 4.39 Å². The van der Waals surface area contributed by atoms with Crippen molar-refractivity contribution in [3.63, 3.8) is 0 Å². The Hall–Kier alpha value is -0.700. The van der Waals surface area contributed by atoms with E-state index in [-0.39, 0.29) is 5.97 Å². The van der Waals surface area contributed by atoms with Crippen molar-refractivity contribution in [2.45, 2.75) is 19.8 Å². The van der Waals surface area contributed by atoms with Gasteiger partial charge in [-0.2, -0.15) is 4.39 Å². The molecule has 0 radical (unpaired) electrons. The van der Waals surface area contributed by atoms with E-state index in [4.69, 9.17) is 0 Å². The Morgan fingerprint density at radius 1 is 1.58 bits per heavy atom. The molecule has 0 aromatic carbocycles. The number of allylic oxidation sites excluding steroid dienone is 2. The van der Waals surface area contributed by atoms with Gasteiger partial charge in [-0.3, -0.25) is 4.99 Å². The van der Waals surface area contributed by atoms with Crippen molar-refractivity contribution >= 4 is 5.97 Å². The van der Waals surface area contributed by atoms with E-state index in [0.717, 1.165) is 19.4 Å². The van der Waals surface area contributed by atoms with E-state index >= 15 is 0 Å². The number of unbranched alkanes of at least 4 members (excludes halogenated alkanes) is 1. The van der Waals surface area contributed by atoms with Crippen molar-refractivity contribution < 1.29 is 4.39 Å². The molecule has 0 aliphatic rings. The van der Waals surface area contributed by atoms with Crippen LogP contribution in [0, 0.1) is 0 Å². The molecule has 0 atom stereocenters. The molecule has 0 aromatic rings. The molecule has 0 saturated carbocycles. The van der Waals surface area contributed by atoms with E-state index < -0.39 is 0 Å². The van der Waals surface area contributed by atoms with Gasteiger partial charge in [0, 0.05) is 6.54 Å². The van der Waals surface area contributed by atoms with E-state index in [9.17, 15) is 4.39 Å². The summed E-state index contributed by atoms with van der Waals surface area (Å²) in [7, 11) is 1.91. The first kappa shape index (κ1) is 11.3. The molecule has 0 aromatic heterocycles. The zero-order chi connectivity index (χ0) is 9.23. The zero-order valence-corrected chi connectivity index (χ0v) is 7.81. The standard InChI is InChI=1S/C9H17FN2/c1-3-12-9(10)7-5-4-6-8-11-2/h5,7,11H,3-4,6,8H2,1-2H3/b7-5-,12-9?. The number of halogens is 1. The van der Waals surface area contributed by atoms with Crippen LogP contribution in [0.1, 0.15) is 19.8 Å². The summed E-state index contributed by atoms with van der Waals surface area (Å²) in [6, 6.07) is 0. The van der Waals surface area contributed by atoms with Gasteiger partial charge in [0.15, 0.2) is 0 Å². The Kier molecular flexibility index (Phi) is 7.91. The third-order valence-electron chi connectivity index (χ3n) is 1.36. The highest BCUT2D eigenvalue weighted by Gasteiger charge is 1.86. The third-order valence-corrected chi connectivity index (χ3v) is 1.36. The van der Waals surface area contributed by atoms with Gasteiger partial charge in [0.25, 0.3) is 0 Å². The Balaban J connectivity index is 3.41. The first-order valence-corrected chi connectivity index (χ1v) is 4.32. The number of nitrogens with zero attached hydrogens (tertiary/aromatic N) is 1. The lowest BCUT2D eigenvalue weighted by Gasteiger charge is -1.92. The maximum absolute atomic E-state index is 12.6. The van der Waals surface area contributed by atoms with Crippen LogP contribution < -0.4 is 5.32 Å². The minimum Gasteiger partial charge on any atom is -0.320 e. The molecule has 1 N–H and O–H groups in total. The molecule has 0 spiro atoms. The largest absolute Gasteiger partial charge is 0.320 e. The number of hydrogen-bond acceptors (Lipinski definition) is 2. The van der Waals surface area contributed by atoms with Crippen molar-refractivity contribution in [3.8, 4) is 0 Å². The van der Waals surface area contributed by atoms with E-state index in [1.165, 1.54) is 6.08 Å². The Bertz CT molecular complexity index is 153. The second kappa shape index (κ2) is 8.40. The highest BCUT2D eigenvalue weighted by molar-refractivity contribution is 5.86. The highest BCUT2D eigenvalue weighted by Crippen LogP contribution is 1.91. The SMILES string of the molecule is CCN=C(F)/C=C\CCCNC. The van der Waals surface area contributed by atoms with Crippen LogP contribution >= 0.6 is 0 Å². The van der Waals surface area contributed by atoms with Gasteiger partial charge >= 0.3 is 0 Å². The summed E-state index contributed by atoms with van der Waals surface area (Å²) in [5.74, 6) is -0.373. The van der Waals surface area contributed by atoms with Crippen LogP contribution in [-0.4, -0.2) is 26.1 Å². The minimum atomic E-state index is -0.373. The average molecular weight is 172 g/mol. The van der Waals surface area contributed by atoms with Gasteiger partial charge in [-0.25, -0.2) is 0 Å². The molecular formula is C9H17FN2. The topological polar surface area (TPSA) is 24.4 Å². The Morgan fingerprint density at radius 2 is 2.33 bits per heavy atom. The molecule has 0 unspecified atom stereocenters. The van der Waals surface area contributed by atoms with E-state index in [1.54, 1.807) is 0 Å². The van der Waals surface area contributed by atoms with Crippen molar-refractivity contribution in [2.75, 3.05) is 20.1 Å². The summed E-state index contributed by atoms with van der Waals surface area (Å²) in [5.41, 5.74) is 0. The maximum Gasteiger partial charge on any atom is 0.207 e. The van der Waals surface area contributed by atoms with E-state index in [1.807, 2.05) is 20.0 Å². The molecule has 0 aliphatic heterocycles. The maximum atomic E-state index is 12.6. The molecule has 12 heavy (non-hydrogen) atoms. The molecule has 0 bridgehead atoms. The Morgan fingerprint density at radius 3 is 2.92 bits per heavy atom. The van der Waals surface area contributed by atoms with Gasteiger partial charge < -0.3 is 5.32 Å². The lowest BCUT2D eigenvalue weighted by molar-refractivity contribution is 0.734. The van der Waals surface area contributed by atoms with Gasteiger partial charge in [-0.1, -0.05) is 6.08 Å². The summed E-state index contributed by atoms with van der Waals surface area (Å²) in [4.78, 5) is 3.59. The smallest absolute Gasteiger partial charge is 0.207 e.